The fourth-order valence-corrected chi connectivity index (χ4v) is 5.00. The molecule has 1 aromatic carbocycles. The molecule has 0 bridgehead atoms. The van der Waals surface area contributed by atoms with Gasteiger partial charge in [0, 0.05) is 37.1 Å². The summed E-state index contributed by atoms with van der Waals surface area (Å²) in [6.07, 6.45) is 3.83. The smallest absolute Gasteiger partial charge is 0.409 e. The molecular weight excluding hydrogens is 486 g/mol. The average molecular weight is 522 g/mol. The molecular formula is C29H35N3O6. The number of nitrogens with zero attached hydrogens (tertiary/aromatic N) is 3. The molecule has 2 aliphatic heterocycles. The Morgan fingerprint density at radius 3 is 2.53 bits per heavy atom. The summed E-state index contributed by atoms with van der Waals surface area (Å²) < 4.78 is 11.0. The molecule has 202 valence electrons. The van der Waals surface area contributed by atoms with Crippen molar-refractivity contribution in [3.8, 4) is 5.75 Å². The first-order chi connectivity index (χ1) is 18.2. The molecule has 2 saturated heterocycles. The van der Waals surface area contributed by atoms with Gasteiger partial charge in [0.2, 0.25) is 0 Å². The van der Waals surface area contributed by atoms with Gasteiger partial charge in [0.15, 0.2) is 0 Å². The number of carbonyl (C=O) groups excluding carboxylic acids is 3. The maximum absolute atomic E-state index is 13.4. The summed E-state index contributed by atoms with van der Waals surface area (Å²) in [7, 11) is 0. The number of Topliss-reactive ketones (excluding diaryl/α,β-unsaturated/α-hetero) is 1. The lowest BCUT2D eigenvalue weighted by Crippen LogP contribution is -2.48. The second-order valence-corrected chi connectivity index (χ2v) is 10.1. The van der Waals surface area contributed by atoms with Gasteiger partial charge in [0.1, 0.15) is 11.5 Å². The van der Waals surface area contributed by atoms with Gasteiger partial charge in [0.05, 0.1) is 24.8 Å². The molecule has 1 atom stereocenters. The van der Waals surface area contributed by atoms with Gasteiger partial charge in [0.25, 0.3) is 11.7 Å². The second kappa shape index (κ2) is 11.7. The number of likely N-dealkylation sites (tertiary alicyclic amines) is 2. The van der Waals surface area contributed by atoms with Gasteiger partial charge in [-0.1, -0.05) is 19.9 Å². The topological polar surface area (TPSA) is 109 Å². The van der Waals surface area contributed by atoms with Gasteiger partial charge in [-0.2, -0.15) is 0 Å². The van der Waals surface area contributed by atoms with Crippen molar-refractivity contribution < 1.29 is 29.0 Å². The third kappa shape index (κ3) is 5.51. The number of ketones is 1. The minimum atomic E-state index is -0.792. The van der Waals surface area contributed by atoms with E-state index in [9.17, 15) is 19.5 Å². The van der Waals surface area contributed by atoms with Crippen LogP contribution in [-0.2, 0) is 14.3 Å². The molecule has 4 rings (SSSR count). The largest absolute Gasteiger partial charge is 0.507 e. The van der Waals surface area contributed by atoms with Crippen LogP contribution >= 0.6 is 0 Å². The average Bonchev–Trinajstić information content (AvgIpc) is 3.18. The molecule has 1 aromatic heterocycles. The van der Waals surface area contributed by atoms with Crippen LogP contribution in [0, 0.1) is 12.8 Å². The van der Waals surface area contributed by atoms with Gasteiger partial charge in [-0.15, -0.1) is 0 Å². The summed E-state index contributed by atoms with van der Waals surface area (Å²) in [5.74, 6) is -0.567. The highest BCUT2D eigenvalue weighted by Gasteiger charge is 2.49. The molecule has 3 heterocycles. The van der Waals surface area contributed by atoms with E-state index in [1.807, 2.05) is 6.92 Å². The number of piperidine rings is 1. The number of amides is 2. The molecule has 0 aliphatic carbocycles. The molecule has 0 spiro atoms. The zero-order valence-electron chi connectivity index (χ0n) is 22.3. The van der Waals surface area contributed by atoms with Crippen LogP contribution in [0.1, 0.15) is 56.3 Å². The van der Waals surface area contributed by atoms with Gasteiger partial charge < -0.3 is 24.4 Å². The SMILES string of the molecule is CCOC(=O)N1CCC(N2C(=O)C(=O)/C(=C(/O)c3ccc(OCC(C)C)c(C)c3)C2c2cccnc2)CC1. The number of ether oxygens (including phenoxy) is 2. The Hall–Kier alpha value is -3.88. The summed E-state index contributed by atoms with van der Waals surface area (Å²) in [5.41, 5.74) is 1.91. The normalized spacial score (nSPS) is 19.8. The summed E-state index contributed by atoms with van der Waals surface area (Å²) >= 11 is 0. The van der Waals surface area contributed by atoms with E-state index in [0.29, 0.717) is 61.9 Å². The molecule has 2 aromatic rings. The lowest BCUT2D eigenvalue weighted by atomic mass is 9.94. The number of hydrogen-bond donors (Lipinski definition) is 1. The number of aliphatic hydroxyl groups is 1. The minimum absolute atomic E-state index is 0.0334. The van der Waals surface area contributed by atoms with Crippen LogP contribution < -0.4 is 4.74 Å². The van der Waals surface area contributed by atoms with E-state index in [4.69, 9.17) is 9.47 Å². The highest BCUT2D eigenvalue weighted by molar-refractivity contribution is 6.46. The van der Waals surface area contributed by atoms with Crippen molar-refractivity contribution in [3.05, 3.63) is 65.0 Å². The molecule has 2 fully saturated rings. The molecule has 9 nitrogen and oxygen atoms in total. The van der Waals surface area contributed by atoms with Gasteiger partial charge in [-0.05, 0) is 68.0 Å². The summed E-state index contributed by atoms with van der Waals surface area (Å²) in [5, 5.41) is 11.4. The van der Waals surface area contributed by atoms with Crippen LogP contribution in [0.4, 0.5) is 4.79 Å². The molecule has 2 amide bonds. The number of carbonyl (C=O) groups is 3. The summed E-state index contributed by atoms with van der Waals surface area (Å²) in [4.78, 5) is 46.3. The first-order valence-corrected chi connectivity index (χ1v) is 13.1. The summed E-state index contributed by atoms with van der Waals surface area (Å²) in [6.45, 7) is 9.42. The first-order valence-electron chi connectivity index (χ1n) is 13.1. The zero-order chi connectivity index (χ0) is 27.4. The van der Waals surface area contributed by atoms with Crippen molar-refractivity contribution in [2.75, 3.05) is 26.3 Å². The van der Waals surface area contributed by atoms with E-state index in [1.54, 1.807) is 59.4 Å². The van der Waals surface area contributed by atoms with Gasteiger partial charge >= 0.3 is 6.09 Å². The van der Waals surface area contributed by atoms with Crippen molar-refractivity contribution in [2.24, 2.45) is 5.92 Å². The van der Waals surface area contributed by atoms with Crippen LogP contribution in [0.5, 0.6) is 5.75 Å². The lowest BCUT2D eigenvalue weighted by Gasteiger charge is -2.38. The van der Waals surface area contributed by atoms with Crippen LogP contribution in [0.25, 0.3) is 5.76 Å². The Morgan fingerprint density at radius 2 is 1.92 bits per heavy atom. The number of rotatable bonds is 7. The Labute approximate surface area is 223 Å². The standard InChI is InChI=1S/C29H35N3O6/c1-5-37-29(36)31-13-10-22(11-14-31)32-25(21-7-6-12-30-16-21)24(27(34)28(32)35)26(33)20-8-9-23(19(4)15-20)38-17-18(2)3/h6-9,12,15-16,18,22,25,33H,5,10-11,13-14,17H2,1-4H3/b26-24+. The fraction of sp³-hybridized carbons (Fsp3) is 0.448. The van der Waals surface area contributed by atoms with Gasteiger partial charge in [-0.3, -0.25) is 14.6 Å². The highest BCUT2D eigenvalue weighted by Crippen LogP contribution is 2.42. The number of aryl methyl sites for hydroxylation is 1. The number of aromatic nitrogens is 1. The minimum Gasteiger partial charge on any atom is -0.507 e. The summed E-state index contributed by atoms with van der Waals surface area (Å²) in [6, 6.07) is 7.68. The van der Waals surface area contributed by atoms with E-state index in [2.05, 4.69) is 18.8 Å². The zero-order valence-corrected chi connectivity index (χ0v) is 22.3. The molecule has 1 N–H and O–H groups in total. The molecule has 1 unspecified atom stereocenters. The molecule has 0 radical (unpaired) electrons. The van der Waals surface area contributed by atoms with Crippen molar-refractivity contribution in [1.29, 1.82) is 0 Å². The predicted octanol–water partition coefficient (Wildman–Crippen LogP) is 4.47. The maximum atomic E-state index is 13.4. The number of pyridine rings is 1. The van der Waals surface area contributed by atoms with Crippen LogP contribution in [-0.4, -0.2) is 70.0 Å². The van der Waals surface area contributed by atoms with Crippen LogP contribution in [0.15, 0.2) is 48.3 Å². The number of hydrogen-bond acceptors (Lipinski definition) is 7. The van der Waals surface area contributed by atoms with Gasteiger partial charge in [-0.25, -0.2) is 4.79 Å². The van der Waals surface area contributed by atoms with E-state index in [1.165, 1.54) is 0 Å². The predicted molar refractivity (Wildman–Crippen MR) is 142 cm³/mol. The lowest BCUT2D eigenvalue weighted by molar-refractivity contribution is -0.142. The monoisotopic (exact) mass is 521 g/mol. The quantitative estimate of drug-likeness (QED) is 0.325. The van der Waals surface area contributed by atoms with Crippen molar-refractivity contribution in [2.45, 2.75) is 52.6 Å². The molecule has 38 heavy (non-hydrogen) atoms. The molecule has 0 saturated carbocycles. The fourth-order valence-electron chi connectivity index (χ4n) is 5.00. The first kappa shape index (κ1) is 27.2. The van der Waals surface area contributed by atoms with E-state index < -0.39 is 17.7 Å². The van der Waals surface area contributed by atoms with Crippen molar-refractivity contribution in [3.63, 3.8) is 0 Å². The Morgan fingerprint density at radius 1 is 1.18 bits per heavy atom. The highest BCUT2D eigenvalue weighted by atomic mass is 16.6. The van der Waals surface area contributed by atoms with Crippen LogP contribution in [0.2, 0.25) is 0 Å². The Bertz CT molecular complexity index is 1220. The third-order valence-electron chi connectivity index (χ3n) is 6.88. The number of benzene rings is 1. The van der Waals surface area contributed by atoms with Crippen LogP contribution in [0.3, 0.4) is 0 Å². The molecule has 9 heteroatoms. The van der Waals surface area contributed by atoms with E-state index in [-0.39, 0.29) is 23.5 Å². The van der Waals surface area contributed by atoms with E-state index >= 15 is 0 Å². The van der Waals surface area contributed by atoms with Crippen molar-refractivity contribution in [1.82, 2.24) is 14.8 Å². The Balaban J connectivity index is 1.69. The van der Waals surface area contributed by atoms with Crippen molar-refractivity contribution >= 4 is 23.5 Å². The maximum Gasteiger partial charge on any atom is 0.409 e. The molecule has 2 aliphatic rings. The third-order valence-corrected chi connectivity index (χ3v) is 6.88. The van der Waals surface area contributed by atoms with E-state index in [0.717, 1.165) is 5.56 Å². The second-order valence-electron chi connectivity index (χ2n) is 10.1. The number of aliphatic hydroxyl groups excluding tert-OH is 1. The Kier molecular flexibility index (Phi) is 8.34.